The van der Waals surface area contributed by atoms with Gasteiger partial charge in [0.25, 0.3) is 0 Å². The molecule has 0 atom stereocenters. The molecule has 0 aliphatic carbocycles. The highest BCUT2D eigenvalue weighted by Crippen LogP contribution is 2.35. The first-order valence-corrected chi connectivity index (χ1v) is 8.32. The van der Waals surface area contributed by atoms with Gasteiger partial charge < -0.3 is 10.1 Å². The molecule has 3 rings (SSSR count). The standard InChI is InChI=1S/C17H22N2OS/c1-4-14-10-19-16(21-14)11-18-9-12-5-6-15-13(7-12)8-17(2,3)20-15/h5-7,10,18H,4,8-9,11H2,1-3H3. The van der Waals surface area contributed by atoms with E-state index in [1.165, 1.54) is 16.0 Å². The Morgan fingerprint density at radius 3 is 2.95 bits per heavy atom. The summed E-state index contributed by atoms with van der Waals surface area (Å²) in [6, 6.07) is 6.50. The Morgan fingerprint density at radius 2 is 2.19 bits per heavy atom. The van der Waals surface area contributed by atoms with Crippen molar-refractivity contribution < 1.29 is 4.74 Å². The van der Waals surface area contributed by atoms with Crippen molar-refractivity contribution >= 4 is 11.3 Å². The lowest BCUT2D eigenvalue weighted by molar-refractivity contribution is 0.138. The van der Waals surface area contributed by atoms with Crippen LogP contribution < -0.4 is 10.1 Å². The van der Waals surface area contributed by atoms with Gasteiger partial charge in [-0.05, 0) is 37.5 Å². The molecule has 0 radical (unpaired) electrons. The van der Waals surface area contributed by atoms with Crippen LogP contribution in [0.3, 0.4) is 0 Å². The summed E-state index contributed by atoms with van der Waals surface area (Å²) >= 11 is 1.79. The van der Waals surface area contributed by atoms with Crippen LogP contribution >= 0.6 is 11.3 Å². The fourth-order valence-corrected chi connectivity index (χ4v) is 3.51. The van der Waals surface area contributed by atoms with E-state index in [2.05, 4.69) is 49.3 Å². The van der Waals surface area contributed by atoms with Gasteiger partial charge in [0.05, 0.1) is 0 Å². The van der Waals surface area contributed by atoms with Crippen molar-refractivity contribution in [1.29, 1.82) is 0 Å². The Balaban J connectivity index is 1.57. The molecule has 1 aromatic carbocycles. The molecule has 1 aromatic heterocycles. The molecule has 0 unspecified atom stereocenters. The van der Waals surface area contributed by atoms with Gasteiger partial charge in [-0.3, -0.25) is 0 Å². The Hall–Kier alpha value is -1.39. The molecular formula is C17H22N2OS. The first-order chi connectivity index (χ1) is 10.1. The molecule has 1 N–H and O–H groups in total. The van der Waals surface area contributed by atoms with Gasteiger partial charge in [-0.2, -0.15) is 0 Å². The van der Waals surface area contributed by atoms with Crippen molar-refractivity contribution in [3.63, 3.8) is 0 Å². The zero-order valence-corrected chi connectivity index (χ0v) is 13.7. The molecule has 0 fully saturated rings. The van der Waals surface area contributed by atoms with Crippen molar-refractivity contribution in [2.75, 3.05) is 0 Å². The quantitative estimate of drug-likeness (QED) is 0.914. The fourth-order valence-electron chi connectivity index (χ4n) is 2.68. The molecule has 0 bridgehead atoms. The van der Waals surface area contributed by atoms with Gasteiger partial charge in [0, 0.05) is 30.6 Å². The van der Waals surface area contributed by atoms with E-state index in [1.54, 1.807) is 11.3 Å². The minimum Gasteiger partial charge on any atom is -0.487 e. The molecule has 112 valence electrons. The van der Waals surface area contributed by atoms with Crippen LogP contribution in [0.4, 0.5) is 0 Å². The topological polar surface area (TPSA) is 34.2 Å². The number of nitrogens with zero attached hydrogens (tertiary/aromatic N) is 1. The maximum absolute atomic E-state index is 5.91. The van der Waals surface area contributed by atoms with Crippen LogP contribution in [0.15, 0.2) is 24.4 Å². The number of aryl methyl sites for hydroxylation is 1. The van der Waals surface area contributed by atoms with Gasteiger partial charge in [0.2, 0.25) is 0 Å². The van der Waals surface area contributed by atoms with Crippen LogP contribution in [0, 0.1) is 0 Å². The highest BCUT2D eigenvalue weighted by Gasteiger charge is 2.29. The number of hydrogen-bond acceptors (Lipinski definition) is 4. The van der Waals surface area contributed by atoms with Gasteiger partial charge in [0.15, 0.2) is 0 Å². The van der Waals surface area contributed by atoms with E-state index in [4.69, 9.17) is 4.74 Å². The van der Waals surface area contributed by atoms with Crippen molar-refractivity contribution in [3.8, 4) is 5.75 Å². The van der Waals surface area contributed by atoms with Gasteiger partial charge >= 0.3 is 0 Å². The van der Waals surface area contributed by atoms with E-state index in [0.29, 0.717) is 0 Å². The minimum absolute atomic E-state index is 0.0637. The molecule has 2 aromatic rings. The van der Waals surface area contributed by atoms with Crippen molar-refractivity contribution in [1.82, 2.24) is 10.3 Å². The average Bonchev–Trinajstić information content (AvgIpc) is 3.00. The maximum Gasteiger partial charge on any atom is 0.123 e. The third-order valence-corrected chi connectivity index (χ3v) is 4.82. The molecule has 1 aliphatic rings. The van der Waals surface area contributed by atoms with E-state index >= 15 is 0 Å². The summed E-state index contributed by atoms with van der Waals surface area (Å²) in [4.78, 5) is 5.78. The number of fused-ring (bicyclic) bond motifs is 1. The average molecular weight is 302 g/mol. The molecule has 0 spiro atoms. The Kier molecular flexibility index (Phi) is 4.00. The van der Waals surface area contributed by atoms with E-state index in [0.717, 1.165) is 36.7 Å². The summed E-state index contributed by atoms with van der Waals surface area (Å²) in [7, 11) is 0. The fraction of sp³-hybridized carbons (Fsp3) is 0.471. The molecule has 0 saturated carbocycles. The van der Waals surface area contributed by atoms with E-state index in [-0.39, 0.29) is 5.60 Å². The molecule has 0 amide bonds. The van der Waals surface area contributed by atoms with E-state index in [9.17, 15) is 0 Å². The first kappa shape index (κ1) is 14.5. The zero-order chi connectivity index (χ0) is 14.9. The lowest BCUT2D eigenvalue weighted by Crippen LogP contribution is -2.24. The number of nitrogens with one attached hydrogen (secondary N) is 1. The monoisotopic (exact) mass is 302 g/mol. The number of ether oxygens (including phenoxy) is 1. The lowest BCUT2D eigenvalue weighted by Gasteiger charge is -2.16. The largest absolute Gasteiger partial charge is 0.487 e. The van der Waals surface area contributed by atoms with Crippen molar-refractivity contribution in [3.05, 3.63) is 45.4 Å². The minimum atomic E-state index is -0.0637. The molecule has 21 heavy (non-hydrogen) atoms. The summed E-state index contributed by atoms with van der Waals surface area (Å²) in [6.07, 6.45) is 4.04. The van der Waals surface area contributed by atoms with Crippen LogP contribution in [0.5, 0.6) is 5.75 Å². The SMILES string of the molecule is CCc1cnc(CNCc2ccc3c(c2)CC(C)(C)O3)s1. The predicted molar refractivity (Wildman–Crippen MR) is 86.9 cm³/mol. The highest BCUT2D eigenvalue weighted by molar-refractivity contribution is 7.11. The summed E-state index contributed by atoms with van der Waals surface area (Å²) < 4.78 is 5.91. The summed E-state index contributed by atoms with van der Waals surface area (Å²) in [5, 5.41) is 4.64. The van der Waals surface area contributed by atoms with Gasteiger partial charge in [-0.15, -0.1) is 11.3 Å². The summed E-state index contributed by atoms with van der Waals surface area (Å²) in [5.41, 5.74) is 2.57. The molecule has 3 nitrogen and oxygen atoms in total. The van der Waals surface area contributed by atoms with Crippen LogP contribution in [0.25, 0.3) is 0 Å². The smallest absolute Gasteiger partial charge is 0.123 e. The summed E-state index contributed by atoms with van der Waals surface area (Å²) in [5.74, 6) is 1.04. The first-order valence-electron chi connectivity index (χ1n) is 7.51. The Bertz CT molecular complexity index is 633. The normalized spacial score (nSPS) is 15.8. The number of benzene rings is 1. The van der Waals surface area contributed by atoms with E-state index in [1.807, 2.05) is 6.20 Å². The Labute approximate surface area is 130 Å². The molecular weight excluding hydrogens is 280 g/mol. The second-order valence-corrected chi connectivity index (χ2v) is 7.36. The number of thiazole rings is 1. The molecule has 0 saturated heterocycles. The molecule has 4 heteroatoms. The van der Waals surface area contributed by atoms with Crippen LogP contribution in [0.1, 0.15) is 41.8 Å². The number of hydrogen-bond donors (Lipinski definition) is 1. The van der Waals surface area contributed by atoms with E-state index < -0.39 is 0 Å². The lowest BCUT2D eigenvalue weighted by atomic mass is 10.0. The summed E-state index contributed by atoms with van der Waals surface area (Å²) in [6.45, 7) is 8.15. The highest BCUT2D eigenvalue weighted by atomic mass is 32.1. The van der Waals surface area contributed by atoms with Crippen molar-refractivity contribution in [2.24, 2.45) is 0 Å². The van der Waals surface area contributed by atoms with Gasteiger partial charge in [0.1, 0.15) is 16.4 Å². The van der Waals surface area contributed by atoms with Gasteiger partial charge in [-0.1, -0.05) is 19.1 Å². The predicted octanol–water partition coefficient (Wildman–Crippen LogP) is 3.71. The van der Waals surface area contributed by atoms with Crippen LogP contribution in [-0.4, -0.2) is 10.6 Å². The molecule has 1 aliphatic heterocycles. The van der Waals surface area contributed by atoms with Crippen LogP contribution in [-0.2, 0) is 25.9 Å². The number of rotatable bonds is 5. The second-order valence-electron chi connectivity index (χ2n) is 6.16. The zero-order valence-electron chi connectivity index (χ0n) is 12.9. The molecule has 2 heterocycles. The number of aromatic nitrogens is 1. The van der Waals surface area contributed by atoms with Gasteiger partial charge in [-0.25, -0.2) is 4.98 Å². The Morgan fingerprint density at radius 1 is 1.33 bits per heavy atom. The third kappa shape index (κ3) is 3.44. The van der Waals surface area contributed by atoms with Crippen molar-refractivity contribution in [2.45, 2.75) is 52.3 Å². The second kappa shape index (κ2) is 5.78. The van der Waals surface area contributed by atoms with Crippen LogP contribution in [0.2, 0.25) is 0 Å². The third-order valence-electron chi connectivity index (χ3n) is 3.68. The maximum atomic E-state index is 5.91.